The van der Waals surface area contributed by atoms with Crippen molar-refractivity contribution in [2.75, 3.05) is 40.4 Å². The minimum Gasteiger partial charge on any atom is -0.507 e. The third-order valence-electron chi connectivity index (χ3n) is 3.32. The maximum Gasteiger partial charge on any atom is 0.123 e. The van der Waals surface area contributed by atoms with Crippen LogP contribution < -0.4 is 10.1 Å². The molecule has 1 aromatic rings. The highest BCUT2D eigenvalue weighted by molar-refractivity contribution is 5.39. The van der Waals surface area contributed by atoms with Crippen molar-refractivity contribution in [3.63, 3.8) is 0 Å². The number of rotatable bonds is 5. The van der Waals surface area contributed by atoms with E-state index in [-0.39, 0.29) is 11.9 Å². The van der Waals surface area contributed by atoms with Crippen LogP contribution in [-0.2, 0) is 11.3 Å². The van der Waals surface area contributed by atoms with E-state index in [4.69, 9.17) is 9.47 Å². The van der Waals surface area contributed by atoms with Crippen molar-refractivity contribution in [1.82, 2.24) is 10.2 Å². The molecule has 1 aromatic carbocycles. The zero-order valence-electron chi connectivity index (χ0n) is 11.6. The van der Waals surface area contributed by atoms with Gasteiger partial charge in [0.15, 0.2) is 0 Å². The number of hydrogen-bond acceptors (Lipinski definition) is 5. The van der Waals surface area contributed by atoms with Gasteiger partial charge >= 0.3 is 0 Å². The summed E-state index contributed by atoms with van der Waals surface area (Å²) in [5.41, 5.74) is 0.866. The van der Waals surface area contributed by atoms with E-state index in [2.05, 4.69) is 17.3 Å². The van der Waals surface area contributed by atoms with Gasteiger partial charge in [-0.3, -0.25) is 0 Å². The highest BCUT2D eigenvalue weighted by Crippen LogP contribution is 2.23. The highest BCUT2D eigenvalue weighted by Gasteiger charge is 2.17. The molecule has 1 fully saturated rings. The van der Waals surface area contributed by atoms with Gasteiger partial charge in [-0.15, -0.1) is 0 Å². The number of nitrogens with zero attached hydrogens (tertiary/aromatic N) is 1. The Bertz CT molecular complexity index is 412. The lowest BCUT2D eigenvalue weighted by Gasteiger charge is -2.30. The quantitative estimate of drug-likeness (QED) is 0.826. The van der Waals surface area contributed by atoms with Crippen molar-refractivity contribution >= 4 is 0 Å². The van der Waals surface area contributed by atoms with Crippen molar-refractivity contribution in [3.8, 4) is 11.5 Å². The van der Waals surface area contributed by atoms with E-state index in [1.807, 2.05) is 12.1 Å². The van der Waals surface area contributed by atoms with Crippen LogP contribution in [-0.4, -0.2) is 56.5 Å². The Morgan fingerprint density at radius 1 is 1.53 bits per heavy atom. The lowest BCUT2D eigenvalue weighted by atomic mass is 10.2. The molecule has 2 rings (SSSR count). The van der Waals surface area contributed by atoms with Gasteiger partial charge in [-0.1, -0.05) is 6.07 Å². The van der Waals surface area contributed by atoms with Crippen LogP contribution in [0.4, 0.5) is 0 Å². The second kappa shape index (κ2) is 6.75. The summed E-state index contributed by atoms with van der Waals surface area (Å²) in [5, 5.41) is 13.2. The van der Waals surface area contributed by atoms with Crippen LogP contribution in [0.25, 0.3) is 0 Å². The molecular formula is C14H22N2O3. The molecule has 5 nitrogen and oxygen atoms in total. The maximum absolute atomic E-state index is 9.84. The highest BCUT2D eigenvalue weighted by atomic mass is 16.5. The first-order chi connectivity index (χ1) is 9.19. The van der Waals surface area contributed by atoms with Gasteiger partial charge in [-0.25, -0.2) is 0 Å². The van der Waals surface area contributed by atoms with Crippen LogP contribution >= 0.6 is 0 Å². The zero-order valence-corrected chi connectivity index (χ0v) is 11.6. The van der Waals surface area contributed by atoms with Gasteiger partial charge in [0, 0.05) is 37.8 Å². The van der Waals surface area contributed by atoms with Gasteiger partial charge in [0.2, 0.25) is 0 Å². The van der Waals surface area contributed by atoms with E-state index in [9.17, 15) is 5.11 Å². The number of nitrogens with one attached hydrogen (secondary N) is 1. The number of morpholine rings is 1. The van der Waals surface area contributed by atoms with Crippen molar-refractivity contribution < 1.29 is 14.6 Å². The Balaban J connectivity index is 1.79. The van der Waals surface area contributed by atoms with Crippen LogP contribution in [0.5, 0.6) is 11.5 Å². The molecule has 0 bridgehead atoms. The minimum atomic E-state index is 0.221. The summed E-state index contributed by atoms with van der Waals surface area (Å²) in [5.74, 6) is 0.923. The first kappa shape index (κ1) is 14.1. The van der Waals surface area contributed by atoms with Gasteiger partial charge in [0.25, 0.3) is 0 Å². The average molecular weight is 266 g/mol. The van der Waals surface area contributed by atoms with Crippen molar-refractivity contribution in [1.29, 1.82) is 0 Å². The van der Waals surface area contributed by atoms with E-state index in [1.165, 1.54) is 0 Å². The Morgan fingerprint density at radius 2 is 2.37 bits per heavy atom. The fourth-order valence-corrected chi connectivity index (χ4v) is 2.18. The molecule has 1 heterocycles. The molecule has 1 unspecified atom stereocenters. The zero-order chi connectivity index (χ0) is 13.7. The number of phenolic OH excluding ortho intramolecular Hbond substituents is 1. The van der Waals surface area contributed by atoms with Crippen LogP contribution in [0.1, 0.15) is 5.56 Å². The molecule has 0 aromatic heterocycles. The summed E-state index contributed by atoms with van der Waals surface area (Å²) in [6.07, 6.45) is 0.221. The van der Waals surface area contributed by atoms with Crippen molar-refractivity contribution in [2.24, 2.45) is 0 Å². The Hall–Kier alpha value is -1.30. The summed E-state index contributed by atoms with van der Waals surface area (Å²) >= 11 is 0. The van der Waals surface area contributed by atoms with Gasteiger partial charge < -0.3 is 24.8 Å². The molecular weight excluding hydrogens is 244 g/mol. The largest absolute Gasteiger partial charge is 0.507 e. The standard InChI is InChI=1S/C14H22N2O3/c1-16-5-6-19-13(10-16)9-15-8-11-3-4-12(18-2)7-14(11)17/h3-4,7,13,15,17H,5-6,8-10H2,1-2H3. The van der Waals surface area contributed by atoms with Crippen LogP contribution in [0, 0.1) is 0 Å². The summed E-state index contributed by atoms with van der Waals surface area (Å²) in [4.78, 5) is 2.26. The predicted molar refractivity (Wildman–Crippen MR) is 73.6 cm³/mol. The molecule has 1 aliphatic heterocycles. The van der Waals surface area contributed by atoms with Crippen molar-refractivity contribution in [3.05, 3.63) is 23.8 Å². The van der Waals surface area contributed by atoms with E-state index in [0.717, 1.165) is 31.8 Å². The van der Waals surface area contributed by atoms with Crippen molar-refractivity contribution in [2.45, 2.75) is 12.6 Å². The number of benzene rings is 1. The second-order valence-electron chi connectivity index (χ2n) is 4.88. The summed E-state index contributed by atoms with van der Waals surface area (Å²) in [7, 11) is 3.69. The second-order valence-corrected chi connectivity index (χ2v) is 4.88. The predicted octanol–water partition coefficient (Wildman–Crippen LogP) is 0.821. The maximum atomic E-state index is 9.84. The summed E-state index contributed by atoms with van der Waals surface area (Å²) in [6, 6.07) is 5.35. The van der Waals surface area contributed by atoms with Crippen LogP contribution in [0.2, 0.25) is 0 Å². The van der Waals surface area contributed by atoms with Gasteiger partial charge in [0.1, 0.15) is 11.5 Å². The van der Waals surface area contributed by atoms with Crippen LogP contribution in [0.3, 0.4) is 0 Å². The molecule has 2 N–H and O–H groups in total. The SMILES string of the molecule is COc1ccc(CNCC2CN(C)CCO2)c(O)c1. The molecule has 0 radical (unpaired) electrons. The Labute approximate surface area is 114 Å². The number of methoxy groups -OCH3 is 1. The molecule has 1 saturated heterocycles. The number of likely N-dealkylation sites (N-methyl/N-ethyl adjacent to an activating group) is 1. The fourth-order valence-electron chi connectivity index (χ4n) is 2.18. The van der Waals surface area contributed by atoms with Gasteiger partial charge in [0.05, 0.1) is 19.8 Å². The Kier molecular flexibility index (Phi) is 5.01. The molecule has 0 aliphatic carbocycles. The van der Waals surface area contributed by atoms with E-state index in [0.29, 0.717) is 12.3 Å². The number of ether oxygens (including phenoxy) is 2. The summed E-state index contributed by atoms with van der Waals surface area (Å²) in [6.45, 7) is 4.14. The van der Waals surface area contributed by atoms with E-state index >= 15 is 0 Å². The van der Waals surface area contributed by atoms with Gasteiger partial charge in [-0.05, 0) is 13.1 Å². The topological polar surface area (TPSA) is 54.0 Å². The van der Waals surface area contributed by atoms with Crippen LogP contribution in [0.15, 0.2) is 18.2 Å². The molecule has 0 amide bonds. The summed E-state index contributed by atoms with van der Waals surface area (Å²) < 4.78 is 10.7. The number of aromatic hydroxyl groups is 1. The number of phenols is 1. The average Bonchev–Trinajstić information content (AvgIpc) is 2.40. The molecule has 5 heteroatoms. The smallest absolute Gasteiger partial charge is 0.123 e. The third-order valence-corrected chi connectivity index (χ3v) is 3.32. The third kappa shape index (κ3) is 4.09. The molecule has 1 atom stereocenters. The molecule has 19 heavy (non-hydrogen) atoms. The van der Waals surface area contributed by atoms with Gasteiger partial charge in [-0.2, -0.15) is 0 Å². The lowest BCUT2D eigenvalue weighted by Crippen LogP contribution is -2.44. The molecule has 1 aliphatic rings. The lowest BCUT2D eigenvalue weighted by molar-refractivity contribution is -0.0182. The molecule has 106 valence electrons. The molecule has 0 saturated carbocycles. The minimum absolute atomic E-state index is 0.221. The normalized spacial score (nSPS) is 20.4. The Morgan fingerprint density at radius 3 is 3.05 bits per heavy atom. The van der Waals surface area contributed by atoms with E-state index < -0.39 is 0 Å². The first-order valence-electron chi connectivity index (χ1n) is 6.56. The molecule has 0 spiro atoms. The monoisotopic (exact) mass is 266 g/mol. The first-order valence-corrected chi connectivity index (χ1v) is 6.56. The van der Waals surface area contributed by atoms with E-state index in [1.54, 1.807) is 13.2 Å². The fraction of sp³-hybridized carbons (Fsp3) is 0.571. The number of hydrogen-bond donors (Lipinski definition) is 2.